The highest BCUT2D eigenvalue weighted by atomic mass is 35.5. The minimum atomic E-state index is -4.43. The molecule has 0 aliphatic carbocycles. The second-order valence-corrected chi connectivity index (χ2v) is 5.37. The van der Waals surface area contributed by atoms with Crippen LogP contribution in [-0.4, -0.2) is 10.7 Å². The molecule has 0 radical (unpaired) electrons. The van der Waals surface area contributed by atoms with E-state index >= 15 is 0 Å². The largest absolute Gasteiger partial charge is 0.417 e. The number of fused-ring (bicyclic) bond motifs is 1. The summed E-state index contributed by atoms with van der Waals surface area (Å²) in [6.45, 7) is 3.52. The number of hydrogen-bond donors (Lipinski definition) is 1. The van der Waals surface area contributed by atoms with Crippen LogP contribution in [0, 0.1) is 0 Å². The summed E-state index contributed by atoms with van der Waals surface area (Å²) in [6, 6.07) is 2.16. The Morgan fingerprint density at radius 2 is 2.05 bits per heavy atom. The molecule has 19 heavy (non-hydrogen) atoms. The van der Waals surface area contributed by atoms with Crippen LogP contribution in [0.2, 0.25) is 5.02 Å². The molecule has 0 saturated heterocycles. The van der Waals surface area contributed by atoms with Crippen LogP contribution in [0.1, 0.15) is 19.4 Å². The highest BCUT2D eigenvalue weighted by Crippen LogP contribution is 2.41. The van der Waals surface area contributed by atoms with Gasteiger partial charge in [0.1, 0.15) is 5.52 Å². The minimum Gasteiger partial charge on any atom is -0.253 e. The third-order valence-corrected chi connectivity index (χ3v) is 3.47. The Balaban J connectivity index is 2.57. The molecular formula is C11H9ClF3N3S. The van der Waals surface area contributed by atoms with Crippen LogP contribution >= 0.6 is 22.9 Å². The van der Waals surface area contributed by atoms with Crippen LogP contribution in [0.4, 0.5) is 18.3 Å². The Morgan fingerprint density at radius 3 is 2.63 bits per heavy atom. The molecule has 102 valence electrons. The zero-order chi connectivity index (χ0) is 14.2. The molecule has 0 aliphatic rings. The molecule has 0 unspecified atom stereocenters. The van der Waals surface area contributed by atoms with Crippen molar-refractivity contribution < 1.29 is 13.2 Å². The van der Waals surface area contributed by atoms with E-state index in [1.165, 1.54) is 6.07 Å². The first-order valence-electron chi connectivity index (χ1n) is 5.22. The summed E-state index contributed by atoms with van der Waals surface area (Å²) >= 11 is 6.74. The Bertz CT molecular complexity index is 644. The van der Waals surface area contributed by atoms with Gasteiger partial charge in [-0.3, -0.25) is 5.43 Å². The molecule has 1 N–H and O–H groups in total. The number of nitrogens with one attached hydrogen (secondary N) is 1. The van der Waals surface area contributed by atoms with E-state index in [1.807, 2.05) is 0 Å². The Labute approximate surface area is 116 Å². The van der Waals surface area contributed by atoms with Gasteiger partial charge in [-0.15, -0.1) is 0 Å². The van der Waals surface area contributed by atoms with Gasteiger partial charge in [-0.2, -0.15) is 18.3 Å². The Hall–Kier alpha value is -1.34. The second kappa shape index (κ2) is 4.97. The van der Waals surface area contributed by atoms with E-state index in [9.17, 15) is 13.2 Å². The maximum absolute atomic E-state index is 12.9. The maximum Gasteiger partial charge on any atom is 0.417 e. The lowest BCUT2D eigenvalue weighted by Crippen LogP contribution is -2.04. The van der Waals surface area contributed by atoms with Gasteiger partial charge in [0.25, 0.3) is 0 Å². The molecule has 0 saturated carbocycles. The van der Waals surface area contributed by atoms with Gasteiger partial charge in [-0.25, -0.2) is 4.98 Å². The molecule has 1 aromatic carbocycles. The Morgan fingerprint density at radius 1 is 1.37 bits per heavy atom. The van der Waals surface area contributed by atoms with Crippen molar-refractivity contribution >= 4 is 44.0 Å². The number of nitrogens with zero attached hydrogens (tertiary/aromatic N) is 2. The van der Waals surface area contributed by atoms with Crippen LogP contribution in [0.25, 0.3) is 10.2 Å². The smallest absolute Gasteiger partial charge is 0.253 e. The quantitative estimate of drug-likeness (QED) is 0.640. The van der Waals surface area contributed by atoms with E-state index in [0.29, 0.717) is 0 Å². The second-order valence-electron chi connectivity index (χ2n) is 3.96. The molecule has 0 fully saturated rings. The topological polar surface area (TPSA) is 37.3 Å². The fourth-order valence-electron chi connectivity index (χ4n) is 1.41. The summed E-state index contributed by atoms with van der Waals surface area (Å²) in [5.74, 6) is 0. The number of benzene rings is 1. The molecule has 2 rings (SSSR count). The minimum absolute atomic E-state index is 0.00598. The predicted octanol–water partition coefficient (Wildman–Crippen LogP) is 4.78. The van der Waals surface area contributed by atoms with Gasteiger partial charge in [0.2, 0.25) is 5.13 Å². The summed E-state index contributed by atoms with van der Waals surface area (Å²) < 4.78 is 38.6. The lowest BCUT2D eigenvalue weighted by molar-refractivity contribution is -0.136. The number of alkyl halides is 3. The van der Waals surface area contributed by atoms with Gasteiger partial charge in [-0.1, -0.05) is 22.9 Å². The third-order valence-electron chi connectivity index (χ3n) is 2.17. The van der Waals surface area contributed by atoms with Gasteiger partial charge >= 0.3 is 6.18 Å². The average Bonchev–Trinajstić information content (AvgIpc) is 2.69. The molecule has 1 heterocycles. The number of rotatable bonds is 2. The zero-order valence-corrected chi connectivity index (χ0v) is 11.5. The number of hydrazone groups is 1. The van der Waals surface area contributed by atoms with Gasteiger partial charge in [-0.05, 0) is 26.0 Å². The first-order valence-corrected chi connectivity index (χ1v) is 6.41. The lowest BCUT2D eigenvalue weighted by atomic mass is 10.2. The summed E-state index contributed by atoms with van der Waals surface area (Å²) in [4.78, 5) is 4.03. The van der Waals surface area contributed by atoms with E-state index in [1.54, 1.807) is 13.8 Å². The normalized spacial score (nSPS) is 11.7. The number of anilines is 1. The van der Waals surface area contributed by atoms with Crippen LogP contribution in [0.3, 0.4) is 0 Å². The molecule has 0 amide bonds. The van der Waals surface area contributed by atoms with Gasteiger partial charge in [0, 0.05) is 5.71 Å². The molecular weight excluding hydrogens is 299 g/mol. The molecule has 0 aliphatic heterocycles. The van der Waals surface area contributed by atoms with Crippen molar-refractivity contribution in [2.24, 2.45) is 5.10 Å². The molecule has 0 bridgehead atoms. The average molecular weight is 308 g/mol. The van der Waals surface area contributed by atoms with E-state index in [4.69, 9.17) is 11.6 Å². The van der Waals surface area contributed by atoms with Crippen molar-refractivity contribution in [3.63, 3.8) is 0 Å². The van der Waals surface area contributed by atoms with Crippen LogP contribution in [-0.2, 0) is 6.18 Å². The van der Waals surface area contributed by atoms with Crippen molar-refractivity contribution in [3.05, 3.63) is 22.7 Å². The van der Waals surface area contributed by atoms with E-state index in [0.717, 1.165) is 23.1 Å². The van der Waals surface area contributed by atoms with Crippen molar-refractivity contribution in [2.75, 3.05) is 5.43 Å². The predicted molar refractivity (Wildman–Crippen MR) is 72.0 cm³/mol. The van der Waals surface area contributed by atoms with Crippen molar-refractivity contribution in [3.8, 4) is 0 Å². The van der Waals surface area contributed by atoms with Crippen LogP contribution in [0.5, 0.6) is 0 Å². The highest BCUT2D eigenvalue weighted by molar-refractivity contribution is 7.22. The third kappa shape index (κ3) is 2.98. The summed E-state index contributed by atoms with van der Waals surface area (Å²) in [6.07, 6.45) is -4.43. The fourth-order valence-corrected chi connectivity index (χ4v) is 2.63. The summed E-state index contributed by atoms with van der Waals surface area (Å²) in [5.41, 5.74) is 2.74. The fraction of sp³-hybridized carbons (Fsp3) is 0.273. The standard InChI is InChI=1S/C11H9ClF3N3S/c1-5(2)17-18-10-16-8-7(12)4-3-6(9(8)19-10)11(13,14)15/h3-4H,1-2H3,(H,16,18). The summed E-state index contributed by atoms with van der Waals surface area (Å²) in [7, 11) is 0. The number of aromatic nitrogens is 1. The SMILES string of the molecule is CC(C)=NNc1nc2c(Cl)ccc(C(F)(F)F)c2s1. The van der Waals surface area contributed by atoms with Crippen LogP contribution < -0.4 is 5.43 Å². The molecule has 0 spiro atoms. The van der Waals surface area contributed by atoms with Gasteiger partial charge in [0.05, 0.1) is 15.3 Å². The molecule has 2 aromatic rings. The monoisotopic (exact) mass is 307 g/mol. The number of hydrogen-bond acceptors (Lipinski definition) is 4. The molecule has 3 nitrogen and oxygen atoms in total. The maximum atomic E-state index is 12.9. The molecule has 0 atom stereocenters. The zero-order valence-electron chi connectivity index (χ0n) is 9.97. The van der Waals surface area contributed by atoms with Gasteiger partial charge in [0.15, 0.2) is 0 Å². The van der Waals surface area contributed by atoms with Crippen molar-refractivity contribution in [2.45, 2.75) is 20.0 Å². The Kier molecular flexibility index (Phi) is 3.69. The lowest BCUT2D eigenvalue weighted by Gasteiger charge is -2.07. The molecule has 8 heteroatoms. The van der Waals surface area contributed by atoms with E-state index < -0.39 is 11.7 Å². The van der Waals surface area contributed by atoms with Crippen LogP contribution in [0.15, 0.2) is 17.2 Å². The van der Waals surface area contributed by atoms with E-state index in [-0.39, 0.29) is 20.4 Å². The summed E-state index contributed by atoms with van der Waals surface area (Å²) in [5, 5.41) is 4.36. The van der Waals surface area contributed by atoms with E-state index in [2.05, 4.69) is 15.5 Å². The van der Waals surface area contributed by atoms with Crippen molar-refractivity contribution in [1.82, 2.24) is 4.98 Å². The molecule has 1 aromatic heterocycles. The number of thiazole rings is 1. The van der Waals surface area contributed by atoms with Crippen molar-refractivity contribution in [1.29, 1.82) is 0 Å². The first-order chi connectivity index (χ1) is 8.79. The number of halogens is 4. The first kappa shape index (κ1) is 14.1. The highest BCUT2D eigenvalue weighted by Gasteiger charge is 2.34. The van der Waals surface area contributed by atoms with Gasteiger partial charge < -0.3 is 0 Å².